The maximum Gasteiger partial charge on any atom is 0.478 e. The van der Waals surface area contributed by atoms with E-state index >= 15 is 0 Å². The van der Waals surface area contributed by atoms with Crippen LogP contribution in [-0.2, 0) is 15.9 Å². The van der Waals surface area contributed by atoms with Crippen LogP contribution in [0, 0.1) is 0 Å². The van der Waals surface area contributed by atoms with E-state index in [9.17, 15) is 9.82 Å². The Morgan fingerprint density at radius 3 is 3.00 bits per heavy atom. The van der Waals surface area contributed by atoms with Crippen molar-refractivity contribution < 1.29 is 19.2 Å². The second kappa shape index (κ2) is 10.4. The Morgan fingerprint density at radius 1 is 1.44 bits per heavy atom. The topological polar surface area (TPSA) is 93.8 Å². The molecular formula is C18H29BN2O4. The van der Waals surface area contributed by atoms with Crippen molar-refractivity contribution in [1.29, 1.82) is 0 Å². The average Bonchev–Trinajstić information content (AvgIpc) is 2.61. The third-order valence-corrected chi connectivity index (χ3v) is 4.41. The third kappa shape index (κ3) is 6.69. The van der Waals surface area contributed by atoms with E-state index in [1.54, 1.807) is 0 Å². The predicted molar refractivity (Wildman–Crippen MR) is 98.2 cm³/mol. The molecule has 1 fully saturated rings. The van der Waals surface area contributed by atoms with E-state index in [-0.39, 0.29) is 24.4 Å². The minimum atomic E-state index is -0.931. The summed E-state index contributed by atoms with van der Waals surface area (Å²) < 4.78 is 11.2. The van der Waals surface area contributed by atoms with Crippen molar-refractivity contribution in [3.63, 3.8) is 0 Å². The van der Waals surface area contributed by atoms with Crippen LogP contribution in [0.4, 0.5) is 0 Å². The summed E-state index contributed by atoms with van der Waals surface area (Å²) in [4.78, 5) is 12.3. The maximum absolute atomic E-state index is 12.3. The molecule has 6 nitrogen and oxygen atoms in total. The number of benzene rings is 1. The predicted octanol–water partition coefficient (Wildman–Crippen LogP) is 1.44. The van der Waals surface area contributed by atoms with Gasteiger partial charge in [-0.15, -0.1) is 0 Å². The van der Waals surface area contributed by atoms with Crippen LogP contribution in [0.3, 0.4) is 0 Å². The lowest BCUT2D eigenvalue weighted by molar-refractivity contribution is -0.121. The molecule has 0 aromatic heterocycles. The van der Waals surface area contributed by atoms with Gasteiger partial charge in [-0.2, -0.15) is 0 Å². The van der Waals surface area contributed by atoms with Gasteiger partial charge in [-0.05, 0) is 56.3 Å². The van der Waals surface area contributed by atoms with Crippen molar-refractivity contribution >= 4 is 13.0 Å². The van der Waals surface area contributed by atoms with Gasteiger partial charge in [0, 0.05) is 6.10 Å². The Morgan fingerprint density at radius 2 is 2.28 bits per heavy atom. The lowest BCUT2D eigenvalue weighted by Gasteiger charge is -2.31. The van der Waals surface area contributed by atoms with Crippen LogP contribution in [0.2, 0.25) is 0 Å². The molecule has 0 aliphatic carbocycles. The van der Waals surface area contributed by atoms with Crippen molar-refractivity contribution in [1.82, 2.24) is 5.32 Å². The molecule has 1 aliphatic rings. The van der Waals surface area contributed by atoms with E-state index in [1.807, 2.05) is 31.2 Å². The van der Waals surface area contributed by atoms with Crippen molar-refractivity contribution in [2.75, 3.05) is 13.2 Å². The summed E-state index contributed by atoms with van der Waals surface area (Å²) in [6.45, 7) is 3.32. The van der Waals surface area contributed by atoms with Gasteiger partial charge in [0.25, 0.3) is 0 Å². The molecule has 2 atom stereocenters. The number of nitrogens with one attached hydrogen (secondary N) is 1. The van der Waals surface area contributed by atoms with E-state index in [1.165, 1.54) is 0 Å². The average molecular weight is 348 g/mol. The summed E-state index contributed by atoms with van der Waals surface area (Å²) >= 11 is 0. The molecule has 0 bridgehead atoms. The first-order chi connectivity index (χ1) is 12.1. The molecule has 7 heteroatoms. The SMILES string of the molecule is CC[C@@H]1CC[C@H](NC(=O)Cc2cccc(OCCCCN)c2)B(O)O1. The zero-order chi connectivity index (χ0) is 18.1. The molecule has 2 rings (SSSR count). The van der Waals surface area contributed by atoms with Crippen LogP contribution in [0.1, 0.15) is 44.6 Å². The summed E-state index contributed by atoms with van der Waals surface area (Å²) in [6.07, 6.45) is 4.64. The monoisotopic (exact) mass is 348 g/mol. The van der Waals surface area contributed by atoms with Gasteiger partial charge >= 0.3 is 7.12 Å². The second-order valence-corrected chi connectivity index (χ2v) is 6.48. The van der Waals surface area contributed by atoms with Gasteiger partial charge < -0.3 is 25.5 Å². The first-order valence-corrected chi connectivity index (χ1v) is 9.17. The van der Waals surface area contributed by atoms with Gasteiger partial charge in [0.1, 0.15) is 5.75 Å². The number of unbranched alkanes of at least 4 members (excludes halogenated alkanes) is 1. The zero-order valence-electron chi connectivity index (χ0n) is 14.9. The highest BCUT2D eigenvalue weighted by Crippen LogP contribution is 2.19. The fourth-order valence-electron chi connectivity index (χ4n) is 2.94. The van der Waals surface area contributed by atoms with Crippen LogP contribution in [-0.4, -0.2) is 43.2 Å². The Bertz CT molecular complexity index is 544. The molecule has 0 radical (unpaired) electrons. The lowest BCUT2D eigenvalue weighted by atomic mass is 9.72. The standard InChI is InChI=1S/C18H29BN2O4/c1-2-15-8-9-17(19(23)25-15)21-18(22)13-14-6-5-7-16(12-14)24-11-4-3-10-20/h5-7,12,15,17,23H,2-4,8-11,13,20H2,1H3,(H,21,22)/t15-,17+/m1/s1. The van der Waals surface area contributed by atoms with Crippen LogP contribution in [0.5, 0.6) is 5.75 Å². The minimum Gasteiger partial charge on any atom is -0.494 e. The van der Waals surface area contributed by atoms with Gasteiger partial charge in [0.15, 0.2) is 0 Å². The first-order valence-electron chi connectivity index (χ1n) is 9.17. The van der Waals surface area contributed by atoms with Crippen molar-refractivity contribution in [3.05, 3.63) is 29.8 Å². The molecule has 1 heterocycles. The van der Waals surface area contributed by atoms with E-state index in [2.05, 4.69) is 5.32 Å². The maximum atomic E-state index is 12.3. The highest BCUT2D eigenvalue weighted by Gasteiger charge is 2.35. The smallest absolute Gasteiger partial charge is 0.478 e. The van der Waals surface area contributed by atoms with E-state index < -0.39 is 7.12 Å². The van der Waals surface area contributed by atoms with Crippen LogP contribution >= 0.6 is 0 Å². The number of rotatable bonds is 9. The second-order valence-electron chi connectivity index (χ2n) is 6.48. The highest BCUT2D eigenvalue weighted by atomic mass is 16.5. The molecule has 1 aromatic carbocycles. The summed E-state index contributed by atoms with van der Waals surface area (Å²) in [5.41, 5.74) is 6.34. The Labute approximate surface area is 150 Å². The fraction of sp³-hybridized carbons (Fsp3) is 0.611. The molecule has 0 unspecified atom stereocenters. The summed E-state index contributed by atoms with van der Waals surface area (Å²) in [6, 6.07) is 7.54. The molecule has 25 heavy (non-hydrogen) atoms. The minimum absolute atomic E-state index is 0.0799. The normalized spacial score (nSPS) is 20.4. The Balaban J connectivity index is 1.80. The highest BCUT2D eigenvalue weighted by molar-refractivity contribution is 6.45. The summed E-state index contributed by atoms with van der Waals surface area (Å²) in [5, 5.41) is 12.9. The molecule has 1 aliphatic heterocycles. The van der Waals surface area contributed by atoms with Gasteiger partial charge in [-0.25, -0.2) is 0 Å². The number of hydrogen-bond donors (Lipinski definition) is 3. The van der Waals surface area contributed by atoms with E-state index in [0.29, 0.717) is 13.2 Å². The van der Waals surface area contributed by atoms with Crippen molar-refractivity contribution in [2.45, 2.75) is 57.5 Å². The van der Waals surface area contributed by atoms with Crippen molar-refractivity contribution in [2.24, 2.45) is 5.73 Å². The fourth-order valence-corrected chi connectivity index (χ4v) is 2.94. The van der Waals surface area contributed by atoms with Gasteiger partial charge in [0.2, 0.25) is 5.91 Å². The first kappa shape index (κ1) is 19.8. The molecule has 1 amide bonds. The number of hydrogen-bond acceptors (Lipinski definition) is 5. The number of amides is 1. The van der Waals surface area contributed by atoms with Gasteiger partial charge in [0.05, 0.1) is 19.0 Å². The van der Waals surface area contributed by atoms with E-state index in [4.69, 9.17) is 15.1 Å². The zero-order valence-corrected chi connectivity index (χ0v) is 14.9. The number of ether oxygens (including phenoxy) is 1. The van der Waals surface area contributed by atoms with Gasteiger partial charge in [-0.1, -0.05) is 19.1 Å². The third-order valence-electron chi connectivity index (χ3n) is 4.41. The van der Waals surface area contributed by atoms with Crippen molar-refractivity contribution in [3.8, 4) is 5.75 Å². The molecule has 138 valence electrons. The summed E-state index contributed by atoms with van der Waals surface area (Å²) in [5.74, 6) is 0.294. The molecule has 1 aromatic rings. The molecule has 1 saturated heterocycles. The van der Waals surface area contributed by atoms with Gasteiger partial charge in [-0.3, -0.25) is 4.79 Å². The quantitative estimate of drug-likeness (QED) is 0.464. The Hall–Kier alpha value is -1.57. The van der Waals surface area contributed by atoms with Crippen LogP contribution < -0.4 is 15.8 Å². The molecule has 0 saturated carbocycles. The largest absolute Gasteiger partial charge is 0.494 e. The number of carbonyl (C=O) groups excluding carboxylic acids is 1. The number of carbonyl (C=O) groups is 1. The number of nitrogens with two attached hydrogens (primary N) is 1. The molecule has 0 spiro atoms. The summed E-state index contributed by atoms with van der Waals surface area (Å²) in [7, 11) is -0.931. The van der Waals surface area contributed by atoms with Crippen LogP contribution in [0.15, 0.2) is 24.3 Å². The molecular weight excluding hydrogens is 319 g/mol. The van der Waals surface area contributed by atoms with E-state index in [0.717, 1.165) is 43.4 Å². The lowest BCUT2D eigenvalue weighted by Crippen LogP contribution is -2.52. The molecule has 4 N–H and O–H groups in total. The Kier molecular flexibility index (Phi) is 8.24. The van der Waals surface area contributed by atoms with Crippen LogP contribution in [0.25, 0.3) is 0 Å².